The number of sulfonamides is 1. The average molecular weight is 383 g/mol. The Morgan fingerprint density at radius 3 is 2.30 bits per heavy atom. The van der Waals surface area contributed by atoms with Gasteiger partial charge in [-0.05, 0) is 48.0 Å². The number of carbonyl (C=O) groups is 1. The van der Waals surface area contributed by atoms with Crippen LogP contribution in [-0.2, 0) is 21.2 Å². The van der Waals surface area contributed by atoms with Gasteiger partial charge in [-0.2, -0.15) is 0 Å². The van der Waals surface area contributed by atoms with E-state index in [9.17, 15) is 13.2 Å². The first-order valence-corrected chi connectivity index (χ1v) is 9.85. The van der Waals surface area contributed by atoms with Gasteiger partial charge in [0.05, 0.1) is 11.3 Å². The minimum atomic E-state index is -3.54. The summed E-state index contributed by atoms with van der Waals surface area (Å²) >= 11 is 0. The molecule has 3 rings (SSSR count). The number of rotatable bonds is 6. The van der Waals surface area contributed by atoms with E-state index in [1.165, 1.54) is 26.2 Å². The number of amides is 1. The van der Waals surface area contributed by atoms with Gasteiger partial charge in [-0.25, -0.2) is 12.7 Å². The van der Waals surface area contributed by atoms with Crippen LogP contribution in [0, 0.1) is 0 Å². The molecule has 1 aromatic heterocycles. The molecule has 3 aromatic rings. The quantitative estimate of drug-likeness (QED) is 0.711. The van der Waals surface area contributed by atoms with Crippen LogP contribution >= 0.6 is 0 Å². The van der Waals surface area contributed by atoms with E-state index in [2.05, 4.69) is 5.32 Å². The molecular weight excluding hydrogens is 362 g/mol. The van der Waals surface area contributed by atoms with Gasteiger partial charge in [0.2, 0.25) is 15.9 Å². The Morgan fingerprint density at radius 1 is 1.00 bits per heavy atom. The fourth-order valence-electron chi connectivity index (χ4n) is 2.63. The Hall–Kier alpha value is -2.90. The van der Waals surface area contributed by atoms with Crippen molar-refractivity contribution in [3.05, 3.63) is 78.6 Å². The van der Waals surface area contributed by atoms with E-state index in [-0.39, 0.29) is 17.2 Å². The zero-order chi connectivity index (χ0) is 19.4. The fourth-order valence-corrected chi connectivity index (χ4v) is 3.58. The highest BCUT2D eigenvalue weighted by molar-refractivity contribution is 7.89. The predicted molar refractivity (Wildman–Crippen MR) is 105 cm³/mol. The number of nitrogens with zero attached hydrogens (tertiary/aromatic N) is 2. The summed E-state index contributed by atoms with van der Waals surface area (Å²) in [5, 5.41) is 2.76. The number of anilines is 1. The van der Waals surface area contributed by atoms with Crippen molar-refractivity contribution >= 4 is 21.6 Å². The lowest BCUT2D eigenvalue weighted by Gasteiger charge is -2.13. The van der Waals surface area contributed by atoms with Crippen molar-refractivity contribution in [2.45, 2.75) is 11.3 Å². The molecule has 27 heavy (non-hydrogen) atoms. The Bertz CT molecular complexity index is 1020. The average Bonchev–Trinajstić information content (AvgIpc) is 3.17. The van der Waals surface area contributed by atoms with E-state index in [1.807, 2.05) is 53.4 Å². The highest BCUT2D eigenvalue weighted by Gasteiger charge is 2.17. The van der Waals surface area contributed by atoms with Gasteiger partial charge in [-0.3, -0.25) is 4.79 Å². The molecule has 1 heterocycles. The van der Waals surface area contributed by atoms with Gasteiger partial charge >= 0.3 is 0 Å². The maximum Gasteiger partial charge on any atom is 0.242 e. The van der Waals surface area contributed by atoms with Crippen LogP contribution in [0.3, 0.4) is 0 Å². The number of nitrogens with one attached hydrogen (secondary N) is 1. The summed E-state index contributed by atoms with van der Waals surface area (Å²) in [4.78, 5) is 12.5. The molecule has 0 saturated carbocycles. The van der Waals surface area contributed by atoms with Crippen LogP contribution in [0.4, 0.5) is 5.69 Å². The maximum atomic E-state index is 12.3. The van der Waals surface area contributed by atoms with E-state index in [0.717, 1.165) is 15.6 Å². The minimum Gasteiger partial charge on any atom is -0.326 e. The molecular formula is C20H21N3O3S. The summed E-state index contributed by atoms with van der Waals surface area (Å²) in [6, 6.07) is 17.9. The number of hydrogen-bond donors (Lipinski definition) is 1. The third kappa shape index (κ3) is 4.45. The Morgan fingerprint density at radius 2 is 1.67 bits per heavy atom. The van der Waals surface area contributed by atoms with Gasteiger partial charge in [-0.1, -0.05) is 18.2 Å². The lowest BCUT2D eigenvalue weighted by atomic mass is 10.1. The highest BCUT2D eigenvalue weighted by atomic mass is 32.2. The lowest BCUT2D eigenvalue weighted by molar-refractivity contribution is -0.115. The Balaban J connectivity index is 1.68. The van der Waals surface area contributed by atoms with Gasteiger partial charge in [0.25, 0.3) is 0 Å². The molecule has 0 spiro atoms. The number of hydrogen-bond acceptors (Lipinski definition) is 3. The molecule has 0 aliphatic carbocycles. The second kappa shape index (κ2) is 7.77. The van der Waals surface area contributed by atoms with Crippen LogP contribution in [0.2, 0.25) is 0 Å². The van der Waals surface area contributed by atoms with Crippen LogP contribution in [0.1, 0.15) is 5.56 Å². The van der Waals surface area contributed by atoms with E-state index in [1.54, 1.807) is 12.1 Å². The molecule has 0 bridgehead atoms. The van der Waals surface area contributed by atoms with Gasteiger partial charge in [0.15, 0.2) is 0 Å². The lowest BCUT2D eigenvalue weighted by Crippen LogP contribution is -2.22. The van der Waals surface area contributed by atoms with Crippen molar-refractivity contribution in [1.29, 1.82) is 0 Å². The largest absolute Gasteiger partial charge is 0.326 e. The molecule has 1 amide bonds. The van der Waals surface area contributed by atoms with E-state index >= 15 is 0 Å². The van der Waals surface area contributed by atoms with Crippen LogP contribution in [0.25, 0.3) is 5.69 Å². The second-order valence-electron chi connectivity index (χ2n) is 6.30. The summed E-state index contributed by atoms with van der Waals surface area (Å²) in [6.45, 7) is 0. The van der Waals surface area contributed by atoms with Crippen molar-refractivity contribution < 1.29 is 13.2 Å². The molecule has 0 saturated heterocycles. The van der Waals surface area contributed by atoms with Gasteiger partial charge < -0.3 is 9.88 Å². The summed E-state index contributed by atoms with van der Waals surface area (Å²) < 4.78 is 27.5. The number of carbonyl (C=O) groups excluding carboxylic acids is 1. The SMILES string of the molecule is CN(C)S(=O)(=O)c1cccc(NC(=O)Cc2ccc(-n3cccc3)cc2)c1. The Labute approximate surface area is 159 Å². The highest BCUT2D eigenvalue weighted by Crippen LogP contribution is 2.18. The van der Waals surface area contributed by atoms with Gasteiger partial charge in [-0.15, -0.1) is 0 Å². The molecule has 0 unspecified atom stereocenters. The van der Waals surface area contributed by atoms with Gasteiger partial charge in [0, 0.05) is 37.9 Å². The predicted octanol–water partition coefficient (Wildman–Crippen LogP) is 2.91. The molecule has 0 aliphatic heterocycles. The standard InChI is InChI=1S/C20H21N3O3S/c1-22(2)27(25,26)19-7-5-6-17(15-19)21-20(24)14-16-8-10-18(11-9-16)23-12-3-4-13-23/h3-13,15H,14H2,1-2H3,(H,21,24). The van der Waals surface area contributed by atoms with Crippen molar-refractivity contribution in [3.63, 3.8) is 0 Å². The van der Waals surface area contributed by atoms with Gasteiger partial charge in [0.1, 0.15) is 0 Å². The van der Waals surface area contributed by atoms with Crippen LogP contribution in [0.5, 0.6) is 0 Å². The smallest absolute Gasteiger partial charge is 0.242 e. The molecule has 0 aliphatic rings. The first kappa shape index (κ1) is 18.9. The number of benzene rings is 2. The zero-order valence-electron chi connectivity index (χ0n) is 15.2. The third-order valence-corrected chi connectivity index (χ3v) is 5.91. The Kier molecular flexibility index (Phi) is 5.43. The van der Waals surface area contributed by atoms with Crippen LogP contribution in [-0.4, -0.2) is 37.3 Å². The first-order chi connectivity index (χ1) is 12.9. The molecule has 0 fully saturated rings. The van der Waals surface area contributed by atoms with Crippen molar-refractivity contribution in [3.8, 4) is 5.69 Å². The van der Waals surface area contributed by atoms with E-state index in [4.69, 9.17) is 0 Å². The molecule has 6 nitrogen and oxygen atoms in total. The summed E-state index contributed by atoms with van der Waals surface area (Å²) in [5.41, 5.74) is 2.35. The van der Waals surface area contributed by atoms with E-state index in [0.29, 0.717) is 5.69 Å². The topological polar surface area (TPSA) is 71.4 Å². The monoisotopic (exact) mass is 383 g/mol. The first-order valence-electron chi connectivity index (χ1n) is 8.41. The molecule has 7 heteroatoms. The molecule has 0 radical (unpaired) electrons. The summed E-state index contributed by atoms with van der Waals surface area (Å²) in [6.07, 6.45) is 4.11. The summed E-state index contributed by atoms with van der Waals surface area (Å²) in [7, 11) is -0.600. The molecule has 140 valence electrons. The van der Waals surface area contributed by atoms with Crippen molar-refractivity contribution in [2.75, 3.05) is 19.4 Å². The van der Waals surface area contributed by atoms with E-state index < -0.39 is 10.0 Å². The fraction of sp³-hybridized carbons (Fsp3) is 0.150. The third-order valence-electron chi connectivity index (χ3n) is 4.10. The number of aromatic nitrogens is 1. The molecule has 1 N–H and O–H groups in total. The minimum absolute atomic E-state index is 0.140. The zero-order valence-corrected chi connectivity index (χ0v) is 16.0. The van der Waals surface area contributed by atoms with Crippen LogP contribution in [0.15, 0.2) is 78.0 Å². The maximum absolute atomic E-state index is 12.3. The second-order valence-corrected chi connectivity index (χ2v) is 8.45. The molecule has 0 atom stereocenters. The van der Waals surface area contributed by atoms with Crippen molar-refractivity contribution in [1.82, 2.24) is 8.87 Å². The van der Waals surface area contributed by atoms with Crippen molar-refractivity contribution in [2.24, 2.45) is 0 Å². The summed E-state index contributed by atoms with van der Waals surface area (Å²) in [5.74, 6) is -0.205. The normalized spacial score (nSPS) is 11.5. The molecule has 2 aromatic carbocycles. The van der Waals surface area contributed by atoms with Crippen LogP contribution < -0.4 is 5.32 Å².